The standard InChI is InChI=1S/C22H26ClN3O3S/c1-14(2)24-20(27)15-8-10-16(11-9-15)25-22(29)19(12-13-30-3)26-21(28)17-6-4-5-7-18(17)23/h4-11,14,19H,12-13H2,1-3H3,(H,24,27)(H,25,29)(H,26,28). The van der Waals surface area contributed by atoms with Gasteiger partial charge in [0.15, 0.2) is 0 Å². The second kappa shape index (κ2) is 11.6. The number of carbonyl (C=O) groups is 3. The van der Waals surface area contributed by atoms with E-state index in [0.29, 0.717) is 34.0 Å². The molecule has 0 saturated carbocycles. The third-order valence-corrected chi connectivity index (χ3v) is 5.16. The second-order valence-electron chi connectivity index (χ2n) is 6.98. The molecule has 0 radical (unpaired) electrons. The van der Waals surface area contributed by atoms with Crippen LogP contribution < -0.4 is 16.0 Å². The summed E-state index contributed by atoms with van der Waals surface area (Å²) in [6, 6.07) is 12.6. The van der Waals surface area contributed by atoms with Crippen LogP contribution in [0.4, 0.5) is 5.69 Å². The van der Waals surface area contributed by atoms with Crippen molar-refractivity contribution in [3.8, 4) is 0 Å². The first-order valence-corrected chi connectivity index (χ1v) is 11.3. The van der Waals surface area contributed by atoms with Crippen molar-refractivity contribution >= 4 is 46.8 Å². The van der Waals surface area contributed by atoms with Crippen LogP contribution in [0.5, 0.6) is 0 Å². The van der Waals surface area contributed by atoms with Gasteiger partial charge in [-0.05, 0) is 68.7 Å². The Labute approximate surface area is 186 Å². The van der Waals surface area contributed by atoms with Crippen molar-refractivity contribution < 1.29 is 14.4 Å². The van der Waals surface area contributed by atoms with E-state index in [1.54, 1.807) is 60.3 Å². The number of nitrogens with one attached hydrogen (secondary N) is 3. The fourth-order valence-electron chi connectivity index (χ4n) is 2.67. The normalized spacial score (nSPS) is 11.6. The maximum Gasteiger partial charge on any atom is 0.253 e. The fourth-order valence-corrected chi connectivity index (χ4v) is 3.36. The highest BCUT2D eigenvalue weighted by Gasteiger charge is 2.22. The molecule has 2 aromatic carbocycles. The van der Waals surface area contributed by atoms with Gasteiger partial charge in [-0.2, -0.15) is 11.8 Å². The number of hydrogen-bond donors (Lipinski definition) is 3. The van der Waals surface area contributed by atoms with Crippen LogP contribution in [0.3, 0.4) is 0 Å². The van der Waals surface area contributed by atoms with E-state index in [1.165, 1.54) is 0 Å². The molecule has 0 spiro atoms. The monoisotopic (exact) mass is 447 g/mol. The SMILES string of the molecule is CSCCC(NC(=O)c1ccccc1Cl)C(=O)Nc1ccc(C(=O)NC(C)C)cc1. The van der Waals surface area contributed by atoms with E-state index in [1.807, 2.05) is 20.1 Å². The summed E-state index contributed by atoms with van der Waals surface area (Å²) in [5.74, 6) is -0.200. The van der Waals surface area contributed by atoms with E-state index in [4.69, 9.17) is 11.6 Å². The number of hydrogen-bond acceptors (Lipinski definition) is 4. The molecule has 2 aromatic rings. The fraction of sp³-hybridized carbons (Fsp3) is 0.318. The summed E-state index contributed by atoms with van der Waals surface area (Å²) >= 11 is 7.68. The zero-order valence-corrected chi connectivity index (χ0v) is 18.8. The van der Waals surface area contributed by atoms with Crippen LogP contribution in [0.15, 0.2) is 48.5 Å². The molecule has 0 aliphatic rings. The molecule has 1 unspecified atom stereocenters. The molecule has 0 saturated heterocycles. The van der Waals surface area contributed by atoms with E-state index in [2.05, 4.69) is 16.0 Å². The van der Waals surface area contributed by atoms with Crippen molar-refractivity contribution in [2.24, 2.45) is 0 Å². The molecule has 0 bridgehead atoms. The molecule has 0 aliphatic heterocycles. The number of carbonyl (C=O) groups excluding carboxylic acids is 3. The molecule has 0 aliphatic carbocycles. The summed E-state index contributed by atoms with van der Waals surface area (Å²) in [5.41, 5.74) is 1.37. The molecular weight excluding hydrogens is 422 g/mol. The Balaban J connectivity index is 2.06. The Morgan fingerprint density at radius 3 is 2.23 bits per heavy atom. The summed E-state index contributed by atoms with van der Waals surface area (Å²) in [5, 5.41) is 8.71. The number of rotatable bonds is 9. The van der Waals surface area contributed by atoms with Gasteiger partial charge in [0.1, 0.15) is 6.04 Å². The zero-order valence-electron chi connectivity index (χ0n) is 17.2. The van der Waals surface area contributed by atoms with E-state index in [9.17, 15) is 14.4 Å². The van der Waals surface area contributed by atoms with Crippen molar-refractivity contribution in [3.63, 3.8) is 0 Å². The van der Waals surface area contributed by atoms with Crippen LogP contribution in [-0.4, -0.2) is 41.8 Å². The molecule has 0 aromatic heterocycles. The summed E-state index contributed by atoms with van der Waals surface area (Å²) in [6.07, 6.45) is 2.41. The maximum absolute atomic E-state index is 12.8. The lowest BCUT2D eigenvalue weighted by atomic mass is 10.1. The number of amides is 3. The van der Waals surface area contributed by atoms with Crippen molar-refractivity contribution in [1.82, 2.24) is 10.6 Å². The minimum absolute atomic E-state index is 0.0378. The molecule has 8 heteroatoms. The smallest absolute Gasteiger partial charge is 0.253 e. The van der Waals surface area contributed by atoms with Gasteiger partial charge in [0, 0.05) is 17.3 Å². The van der Waals surface area contributed by atoms with Crippen LogP contribution in [0.25, 0.3) is 0 Å². The van der Waals surface area contributed by atoms with Gasteiger partial charge in [0.05, 0.1) is 10.6 Å². The molecule has 0 heterocycles. The average Bonchev–Trinajstić information content (AvgIpc) is 2.71. The molecule has 3 N–H and O–H groups in total. The van der Waals surface area contributed by atoms with Gasteiger partial charge in [-0.1, -0.05) is 23.7 Å². The third kappa shape index (κ3) is 7.07. The molecule has 30 heavy (non-hydrogen) atoms. The minimum Gasteiger partial charge on any atom is -0.350 e. The van der Waals surface area contributed by atoms with Crippen LogP contribution in [0, 0.1) is 0 Å². The molecule has 1 atom stereocenters. The molecule has 160 valence electrons. The highest BCUT2D eigenvalue weighted by Crippen LogP contribution is 2.16. The number of benzene rings is 2. The predicted molar refractivity (Wildman–Crippen MR) is 123 cm³/mol. The Kier molecular flexibility index (Phi) is 9.20. The molecule has 2 rings (SSSR count). The van der Waals surface area contributed by atoms with Crippen LogP contribution in [0.2, 0.25) is 5.02 Å². The highest BCUT2D eigenvalue weighted by atomic mass is 35.5. The average molecular weight is 448 g/mol. The molecule has 6 nitrogen and oxygen atoms in total. The summed E-state index contributed by atoms with van der Waals surface area (Å²) < 4.78 is 0. The Morgan fingerprint density at radius 2 is 1.63 bits per heavy atom. The third-order valence-electron chi connectivity index (χ3n) is 4.19. The molecule has 0 fully saturated rings. The van der Waals surface area contributed by atoms with Gasteiger partial charge in [-0.15, -0.1) is 0 Å². The molecule has 3 amide bonds. The quantitative estimate of drug-likeness (QED) is 0.542. The Bertz CT molecular complexity index is 887. The van der Waals surface area contributed by atoms with Crippen molar-refractivity contribution in [3.05, 3.63) is 64.7 Å². The van der Waals surface area contributed by atoms with E-state index in [0.717, 1.165) is 0 Å². The van der Waals surface area contributed by atoms with E-state index in [-0.39, 0.29) is 17.9 Å². The van der Waals surface area contributed by atoms with E-state index >= 15 is 0 Å². The first kappa shape index (κ1) is 23.8. The van der Waals surface area contributed by atoms with Crippen LogP contribution in [0.1, 0.15) is 41.0 Å². The summed E-state index contributed by atoms with van der Waals surface area (Å²) in [7, 11) is 0. The zero-order chi connectivity index (χ0) is 22.1. The van der Waals surface area contributed by atoms with E-state index < -0.39 is 11.9 Å². The first-order chi connectivity index (χ1) is 14.3. The molecular formula is C22H26ClN3O3S. The van der Waals surface area contributed by atoms with Crippen molar-refractivity contribution in [2.75, 3.05) is 17.3 Å². The van der Waals surface area contributed by atoms with Gasteiger partial charge < -0.3 is 16.0 Å². The van der Waals surface area contributed by atoms with Gasteiger partial charge in [0.2, 0.25) is 5.91 Å². The predicted octanol–water partition coefficient (Wildman–Crippen LogP) is 3.97. The van der Waals surface area contributed by atoms with Crippen LogP contribution >= 0.6 is 23.4 Å². The van der Waals surface area contributed by atoms with Crippen molar-refractivity contribution in [2.45, 2.75) is 32.4 Å². The first-order valence-electron chi connectivity index (χ1n) is 9.58. The lowest BCUT2D eigenvalue weighted by molar-refractivity contribution is -0.118. The maximum atomic E-state index is 12.8. The van der Waals surface area contributed by atoms with Gasteiger partial charge in [-0.3, -0.25) is 14.4 Å². The van der Waals surface area contributed by atoms with Crippen LogP contribution in [-0.2, 0) is 4.79 Å². The lowest BCUT2D eigenvalue weighted by Gasteiger charge is -2.19. The highest BCUT2D eigenvalue weighted by molar-refractivity contribution is 7.98. The number of thioether (sulfide) groups is 1. The van der Waals surface area contributed by atoms with Crippen molar-refractivity contribution in [1.29, 1.82) is 0 Å². The topological polar surface area (TPSA) is 87.3 Å². The summed E-state index contributed by atoms with van der Waals surface area (Å²) in [6.45, 7) is 3.77. The largest absolute Gasteiger partial charge is 0.350 e. The summed E-state index contributed by atoms with van der Waals surface area (Å²) in [4.78, 5) is 37.4. The number of anilines is 1. The minimum atomic E-state index is -0.717. The van der Waals surface area contributed by atoms with Gasteiger partial charge in [-0.25, -0.2) is 0 Å². The lowest BCUT2D eigenvalue weighted by Crippen LogP contribution is -2.44. The van der Waals surface area contributed by atoms with Gasteiger partial charge >= 0.3 is 0 Å². The Morgan fingerprint density at radius 1 is 0.967 bits per heavy atom. The second-order valence-corrected chi connectivity index (χ2v) is 8.37. The van der Waals surface area contributed by atoms with Gasteiger partial charge in [0.25, 0.3) is 11.8 Å². The number of halogens is 1. The Hall–Kier alpha value is -2.51.